The van der Waals surface area contributed by atoms with Gasteiger partial charge in [-0.2, -0.15) is 0 Å². The summed E-state index contributed by atoms with van der Waals surface area (Å²) >= 11 is 0. The lowest BCUT2D eigenvalue weighted by Gasteiger charge is -2.37. The Morgan fingerprint density at radius 2 is 1.84 bits per heavy atom. The van der Waals surface area contributed by atoms with Crippen LogP contribution in [-0.4, -0.2) is 54.2 Å². The smallest absolute Gasteiger partial charge is 0.323 e. The number of carbonyl (C=O) groups excluding carboxylic acids is 1. The van der Waals surface area contributed by atoms with Gasteiger partial charge in [0.05, 0.1) is 6.61 Å². The molecule has 1 heterocycles. The van der Waals surface area contributed by atoms with E-state index in [1.807, 2.05) is 35.2 Å². The Labute approximate surface area is 186 Å². The number of nitrogens with zero attached hydrogens (tertiary/aromatic N) is 2. The van der Waals surface area contributed by atoms with Crippen molar-refractivity contribution in [2.45, 2.75) is 32.4 Å². The van der Waals surface area contributed by atoms with Gasteiger partial charge >= 0.3 is 5.97 Å². The van der Waals surface area contributed by atoms with Crippen molar-refractivity contribution in [2.24, 2.45) is 11.1 Å². The van der Waals surface area contributed by atoms with Crippen LogP contribution >= 0.6 is 0 Å². The van der Waals surface area contributed by atoms with Gasteiger partial charge in [-0.05, 0) is 43.4 Å². The first-order chi connectivity index (χ1) is 15.5. The Balaban J connectivity index is 1.97. The fourth-order valence-electron chi connectivity index (χ4n) is 4.06. The van der Waals surface area contributed by atoms with E-state index in [4.69, 9.17) is 9.47 Å². The fourth-order valence-corrected chi connectivity index (χ4v) is 4.06. The molecule has 1 aliphatic heterocycles. The van der Waals surface area contributed by atoms with E-state index in [9.17, 15) is 18.8 Å². The van der Waals surface area contributed by atoms with Gasteiger partial charge in [0.2, 0.25) is 0 Å². The van der Waals surface area contributed by atoms with Crippen molar-refractivity contribution in [2.75, 3.05) is 26.4 Å². The lowest BCUT2D eigenvalue weighted by molar-refractivity contribution is -0.153. The van der Waals surface area contributed by atoms with E-state index in [1.165, 1.54) is 0 Å². The van der Waals surface area contributed by atoms with Crippen LogP contribution in [0.5, 0.6) is 0 Å². The van der Waals surface area contributed by atoms with Gasteiger partial charge in [0.15, 0.2) is 0 Å². The van der Waals surface area contributed by atoms with Crippen molar-refractivity contribution in [3.05, 3.63) is 71.3 Å². The molecule has 1 saturated heterocycles. The summed E-state index contributed by atoms with van der Waals surface area (Å²) in [6.07, 6.45) is 1.35. The number of esters is 1. The minimum Gasteiger partial charge on any atom is -0.465 e. The molecule has 1 aliphatic rings. The number of rotatable bonds is 9. The zero-order valence-corrected chi connectivity index (χ0v) is 18.0. The predicted octanol–water partition coefficient (Wildman–Crippen LogP) is 4.00. The van der Waals surface area contributed by atoms with Crippen molar-refractivity contribution in [3.63, 3.8) is 0 Å². The number of benzene rings is 2. The van der Waals surface area contributed by atoms with Crippen LogP contribution in [0.25, 0.3) is 0 Å². The fraction of sp³-hybridized carbons (Fsp3) is 0.417. The third-order valence-electron chi connectivity index (χ3n) is 5.53. The van der Waals surface area contributed by atoms with Crippen molar-refractivity contribution in [3.8, 4) is 0 Å². The molecule has 0 aliphatic carbocycles. The lowest BCUT2D eigenvalue weighted by atomic mass is 9.89. The average molecular weight is 446 g/mol. The van der Waals surface area contributed by atoms with E-state index in [1.54, 1.807) is 6.92 Å². The minimum atomic E-state index is -0.776. The second kappa shape index (κ2) is 11.7. The van der Waals surface area contributed by atoms with Gasteiger partial charge in [-0.3, -0.25) is 9.69 Å². The summed E-state index contributed by atoms with van der Waals surface area (Å²) in [6.45, 7) is 3.41. The van der Waals surface area contributed by atoms with E-state index < -0.39 is 17.7 Å². The van der Waals surface area contributed by atoms with Crippen LogP contribution in [0, 0.1) is 17.6 Å². The molecule has 8 heteroatoms. The number of hydrogen-bond acceptors (Lipinski definition) is 6. The number of ether oxygens (including phenoxy) is 2. The molecule has 1 atom stereocenters. The minimum absolute atomic E-state index is 0.00484. The largest absolute Gasteiger partial charge is 0.465 e. The van der Waals surface area contributed by atoms with Gasteiger partial charge in [-0.25, -0.2) is 8.78 Å². The highest BCUT2D eigenvalue weighted by molar-refractivity contribution is 6.02. The molecule has 0 spiro atoms. The molecule has 1 fully saturated rings. The maximum atomic E-state index is 13.8. The first-order valence-corrected chi connectivity index (χ1v) is 10.7. The van der Waals surface area contributed by atoms with Crippen LogP contribution in [0.3, 0.4) is 0 Å². The third-order valence-corrected chi connectivity index (χ3v) is 5.53. The second-order valence-electron chi connectivity index (χ2n) is 7.74. The Kier molecular flexibility index (Phi) is 8.70. The van der Waals surface area contributed by atoms with Gasteiger partial charge in [-0.1, -0.05) is 35.5 Å². The second-order valence-corrected chi connectivity index (χ2v) is 7.74. The van der Waals surface area contributed by atoms with E-state index in [-0.39, 0.29) is 36.3 Å². The Hall–Kier alpha value is -2.84. The van der Waals surface area contributed by atoms with Crippen LogP contribution in [0.4, 0.5) is 8.78 Å². The van der Waals surface area contributed by atoms with E-state index in [0.717, 1.165) is 23.8 Å². The monoisotopic (exact) mass is 446 g/mol. The molecule has 6 nitrogen and oxygen atoms in total. The van der Waals surface area contributed by atoms with Gasteiger partial charge in [0, 0.05) is 37.9 Å². The Morgan fingerprint density at radius 1 is 1.19 bits per heavy atom. The maximum absolute atomic E-state index is 13.8. The van der Waals surface area contributed by atoms with Crippen LogP contribution in [0.15, 0.2) is 53.7 Å². The van der Waals surface area contributed by atoms with Crippen LogP contribution < -0.4 is 0 Å². The molecule has 0 amide bonds. The van der Waals surface area contributed by atoms with Crippen molar-refractivity contribution in [1.82, 2.24) is 4.90 Å². The molecular weight excluding hydrogens is 418 g/mol. The Morgan fingerprint density at radius 3 is 2.44 bits per heavy atom. The molecule has 172 valence electrons. The summed E-state index contributed by atoms with van der Waals surface area (Å²) < 4.78 is 38.5. The molecule has 0 radical (unpaired) electrons. The summed E-state index contributed by atoms with van der Waals surface area (Å²) in [6, 6.07) is 11.9. The highest BCUT2D eigenvalue weighted by Crippen LogP contribution is 2.26. The Bertz CT molecular complexity index is 897. The van der Waals surface area contributed by atoms with Gasteiger partial charge in [0.25, 0.3) is 0 Å². The maximum Gasteiger partial charge on any atom is 0.323 e. The van der Waals surface area contributed by atoms with E-state index in [0.29, 0.717) is 32.6 Å². The number of halogens is 2. The summed E-state index contributed by atoms with van der Waals surface area (Å²) in [5.41, 5.74) is 1.11. The quantitative estimate of drug-likeness (QED) is 0.273. The predicted molar refractivity (Wildman–Crippen MR) is 115 cm³/mol. The standard InChI is InChI=1S/C24H28F2N2O4/c1-2-32-24(29)23(18-8-10-31-11-9-18)28(15-17-6-4-3-5-7-17)16-22(27-30)19-12-20(25)14-21(26)13-19/h3-7,12-14,18,23,30H,2,8-11,15-16H2,1H3/b27-22-. The molecule has 32 heavy (non-hydrogen) atoms. The first-order valence-electron chi connectivity index (χ1n) is 10.7. The van der Waals surface area contributed by atoms with Crippen molar-refractivity contribution < 1.29 is 28.3 Å². The molecule has 0 bridgehead atoms. The van der Waals surface area contributed by atoms with Crippen molar-refractivity contribution >= 4 is 11.7 Å². The van der Waals surface area contributed by atoms with E-state index in [2.05, 4.69) is 5.16 Å². The number of hydrogen-bond donors (Lipinski definition) is 1. The summed E-state index contributed by atoms with van der Waals surface area (Å²) in [5.74, 6) is -1.96. The zero-order chi connectivity index (χ0) is 22.9. The highest BCUT2D eigenvalue weighted by atomic mass is 19.1. The molecule has 1 unspecified atom stereocenters. The van der Waals surface area contributed by atoms with Gasteiger partial charge < -0.3 is 14.7 Å². The van der Waals surface area contributed by atoms with Gasteiger partial charge in [0.1, 0.15) is 23.4 Å². The molecular formula is C24H28F2N2O4. The lowest BCUT2D eigenvalue weighted by Crippen LogP contribution is -2.50. The first kappa shape index (κ1) is 23.8. The molecule has 0 aromatic heterocycles. The summed E-state index contributed by atoms with van der Waals surface area (Å²) in [4.78, 5) is 14.9. The normalized spacial score (nSPS) is 16.2. The molecule has 3 rings (SSSR count). The van der Waals surface area contributed by atoms with Crippen LogP contribution in [-0.2, 0) is 20.8 Å². The van der Waals surface area contributed by atoms with Crippen LogP contribution in [0.1, 0.15) is 30.9 Å². The molecule has 2 aromatic rings. The highest BCUT2D eigenvalue weighted by Gasteiger charge is 2.36. The van der Waals surface area contributed by atoms with Crippen molar-refractivity contribution in [1.29, 1.82) is 0 Å². The van der Waals surface area contributed by atoms with Crippen LogP contribution in [0.2, 0.25) is 0 Å². The molecule has 0 saturated carbocycles. The summed E-state index contributed by atoms with van der Waals surface area (Å²) in [5, 5.41) is 13.0. The number of carbonyl (C=O) groups is 1. The summed E-state index contributed by atoms with van der Waals surface area (Å²) in [7, 11) is 0. The number of oxime groups is 1. The molecule has 1 N–H and O–H groups in total. The average Bonchev–Trinajstić information content (AvgIpc) is 2.78. The third kappa shape index (κ3) is 6.34. The van der Waals surface area contributed by atoms with E-state index >= 15 is 0 Å². The van der Waals surface area contributed by atoms with Gasteiger partial charge in [-0.15, -0.1) is 0 Å². The topological polar surface area (TPSA) is 71.4 Å². The SMILES string of the molecule is CCOC(=O)C(C1CCOCC1)N(C/C(=N/O)c1cc(F)cc(F)c1)Cc1ccccc1. The zero-order valence-electron chi connectivity index (χ0n) is 18.0. The molecule has 2 aromatic carbocycles.